The summed E-state index contributed by atoms with van der Waals surface area (Å²) in [5.74, 6) is -0.177. The highest BCUT2D eigenvalue weighted by molar-refractivity contribution is 8.00. The molecule has 0 fully saturated rings. The maximum atomic E-state index is 13.5. The van der Waals surface area contributed by atoms with E-state index >= 15 is 0 Å². The molecule has 2 unspecified atom stereocenters. The number of likely N-dealkylation sites (N-methyl/N-ethyl adjacent to an activating group) is 1. The van der Waals surface area contributed by atoms with E-state index < -0.39 is 0 Å². The van der Waals surface area contributed by atoms with Crippen LogP contribution in [0.15, 0.2) is 29.2 Å². The third kappa shape index (κ3) is 4.59. The van der Waals surface area contributed by atoms with Gasteiger partial charge in [-0.15, -0.1) is 11.8 Å². The van der Waals surface area contributed by atoms with Crippen LogP contribution in [0.5, 0.6) is 0 Å². The summed E-state index contributed by atoms with van der Waals surface area (Å²) in [6, 6.07) is 6.80. The van der Waals surface area contributed by atoms with Crippen molar-refractivity contribution in [1.29, 1.82) is 0 Å². The van der Waals surface area contributed by atoms with E-state index in [1.54, 1.807) is 12.1 Å². The smallest absolute Gasteiger partial charge is 0.136 e. The van der Waals surface area contributed by atoms with E-state index in [-0.39, 0.29) is 23.2 Å². The highest BCUT2D eigenvalue weighted by atomic mass is 32.2. The Morgan fingerprint density at radius 1 is 1.44 bits per heavy atom. The molecule has 2 N–H and O–H groups in total. The molecule has 1 rings (SSSR count). The van der Waals surface area contributed by atoms with Crippen LogP contribution < -0.4 is 5.32 Å². The summed E-state index contributed by atoms with van der Waals surface area (Å²) in [4.78, 5) is 0.668. The molecule has 0 radical (unpaired) electrons. The summed E-state index contributed by atoms with van der Waals surface area (Å²) >= 11 is 1.51. The van der Waals surface area contributed by atoms with Gasteiger partial charge >= 0.3 is 0 Å². The second kappa shape index (κ2) is 7.12. The zero-order valence-electron chi connectivity index (χ0n) is 11.2. The Morgan fingerprint density at radius 3 is 2.67 bits per heavy atom. The van der Waals surface area contributed by atoms with Crippen LogP contribution >= 0.6 is 11.8 Å². The lowest BCUT2D eigenvalue weighted by molar-refractivity contribution is 0.168. The van der Waals surface area contributed by atoms with Crippen molar-refractivity contribution in [2.75, 3.05) is 13.2 Å². The quantitative estimate of drug-likeness (QED) is 0.748. The summed E-state index contributed by atoms with van der Waals surface area (Å²) in [5, 5.41) is 13.0. The zero-order valence-corrected chi connectivity index (χ0v) is 12.1. The molecule has 0 bridgehead atoms. The van der Waals surface area contributed by atoms with Gasteiger partial charge in [-0.2, -0.15) is 0 Å². The Balaban J connectivity index is 2.61. The number of hydrogen-bond acceptors (Lipinski definition) is 3. The number of hydrogen-bond donors (Lipinski definition) is 2. The number of halogens is 1. The van der Waals surface area contributed by atoms with E-state index in [9.17, 15) is 9.50 Å². The van der Waals surface area contributed by atoms with Crippen LogP contribution in [0, 0.1) is 5.82 Å². The van der Waals surface area contributed by atoms with E-state index in [1.165, 1.54) is 17.8 Å². The molecular formula is C14H22FNOS. The lowest BCUT2D eigenvalue weighted by Gasteiger charge is -2.31. The first kappa shape index (κ1) is 15.5. The predicted octanol–water partition coefficient (Wildman–Crippen LogP) is 3.06. The number of rotatable bonds is 7. The Hall–Kier alpha value is -0.580. The summed E-state index contributed by atoms with van der Waals surface area (Å²) in [5.41, 5.74) is -0.299. The Morgan fingerprint density at radius 2 is 2.11 bits per heavy atom. The summed E-state index contributed by atoms with van der Waals surface area (Å²) in [7, 11) is 0. The van der Waals surface area contributed by atoms with Gasteiger partial charge in [-0.05, 0) is 32.0 Å². The van der Waals surface area contributed by atoms with Crippen molar-refractivity contribution >= 4 is 11.8 Å². The van der Waals surface area contributed by atoms with Gasteiger partial charge in [0.1, 0.15) is 5.82 Å². The van der Waals surface area contributed by atoms with Crippen molar-refractivity contribution in [3.63, 3.8) is 0 Å². The van der Waals surface area contributed by atoms with Crippen molar-refractivity contribution in [2.24, 2.45) is 0 Å². The van der Waals surface area contributed by atoms with Gasteiger partial charge in [0.25, 0.3) is 0 Å². The lowest BCUT2D eigenvalue weighted by atomic mass is 9.97. The first-order valence-corrected chi connectivity index (χ1v) is 7.16. The molecule has 0 aliphatic rings. The minimum atomic E-state index is -0.299. The predicted molar refractivity (Wildman–Crippen MR) is 75.5 cm³/mol. The fraction of sp³-hybridized carbons (Fsp3) is 0.571. The summed E-state index contributed by atoms with van der Waals surface area (Å²) in [6.45, 7) is 6.97. The molecule has 4 heteroatoms. The first-order valence-electron chi connectivity index (χ1n) is 6.28. The van der Waals surface area contributed by atoms with Crippen LogP contribution in [0.3, 0.4) is 0 Å². The Labute approximate surface area is 113 Å². The van der Waals surface area contributed by atoms with Crippen molar-refractivity contribution in [3.8, 4) is 0 Å². The molecule has 102 valence electrons. The normalized spacial score (nSPS) is 16.3. The zero-order chi connectivity index (χ0) is 13.6. The molecule has 0 amide bonds. The molecule has 2 atom stereocenters. The van der Waals surface area contributed by atoms with Crippen LogP contribution in [-0.2, 0) is 0 Å². The number of nitrogens with one attached hydrogen (secondary N) is 1. The highest BCUT2D eigenvalue weighted by Gasteiger charge is 2.25. The maximum Gasteiger partial charge on any atom is 0.136 e. The minimum absolute atomic E-state index is 0.0863. The minimum Gasteiger partial charge on any atom is -0.394 e. The average Bonchev–Trinajstić information content (AvgIpc) is 2.32. The van der Waals surface area contributed by atoms with Gasteiger partial charge < -0.3 is 10.4 Å². The Kier molecular flexibility index (Phi) is 6.12. The molecule has 1 aromatic rings. The average molecular weight is 271 g/mol. The standard InChI is InChI=1S/C14H22FNOS/c1-4-16-14(3,10-17)9-11(2)18-13-8-6-5-7-12(13)15/h5-8,11,16-17H,4,9-10H2,1-3H3. The molecule has 0 saturated carbocycles. The van der Waals surface area contributed by atoms with Crippen molar-refractivity contribution in [2.45, 2.75) is 42.9 Å². The fourth-order valence-corrected chi connectivity index (χ4v) is 3.28. The maximum absolute atomic E-state index is 13.5. The third-order valence-electron chi connectivity index (χ3n) is 2.86. The van der Waals surface area contributed by atoms with Crippen LogP contribution in [0.1, 0.15) is 27.2 Å². The summed E-state index contributed by atoms with van der Waals surface area (Å²) < 4.78 is 13.5. The van der Waals surface area contributed by atoms with Gasteiger partial charge in [0.05, 0.1) is 6.61 Å². The van der Waals surface area contributed by atoms with Gasteiger partial charge in [-0.25, -0.2) is 4.39 Å². The fourth-order valence-electron chi connectivity index (χ4n) is 2.05. The number of benzene rings is 1. The van der Waals surface area contributed by atoms with E-state index in [0.717, 1.165) is 13.0 Å². The number of aliphatic hydroxyl groups excluding tert-OH is 1. The third-order valence-corrected chi connectivity index (χ3v) is 4.01. The molecule has 0 heterocycles. The molecular weight excluding hydrogens is 249 g/mol. The number of aliphatic hydroxyl groups is 1. The van der Waals surface area contributed by atoms with Gasteiger partial charge in [-0.3, -0.25) is 0 Å². The second-order valence-corrected chi connectivity index (χ2v) is 6.29. The van der Waals surface area contributed by atoms with E-state index in [0.29, 0.717) is 4.90 Å². The van der Waals surface area contributed by atoms with Gasteiger partial charge in [0, 0.05) is 15.7 Å². The van der Waals surface area contributed by atoms with Crippen LogP contribution in [0.4, 0.5) is 4.39 Å². The molecule has 2 nitrogen and oxygen atoms in total. The largest absolute Gasteiger partial charge is 0.394 e. The molecule has 0 saturated heterocycles. The first-order chi connectivity index (χ1) is 8.50. The molecule has 0 aromatic heterocycles. The molecule has 0 aliphatic carbocycles. The van der Waals surface area contributed by atoms with Crippen molar-refractivity contribution < 1.29 is 9.50 Å². The monoisotopic (exact) mass is 271 g/mol. The van der Waals surface area contributed by atoms with Gasteiger partial charge in [-0.1, -0.05) is 26.0 Å². The highest BCUT2D eigenvalue weighted by Crippen LogP contribution is 2.30. The van der Waals surface area contributed by atoms with E-state index in [4.69, 9.17) is 0 Å². The SMILES string of the molecule is CCNC(C)(CO)CC(C)Sc1ccccc1F. The van der Waals surface area contributed by atoms with Crippen LogP contribution in [0.2, 0.25) is 0 Å². The molecule has 18 heavy (non-hydrogen) atoms. The molecule has 0 aliphatic heterocycles. The molecule has 0 spiro atoms. The van der Waals surface area contributed by atoms with Crippen LogP contribution in [-0.4, -0.2) is 29.0 Å². The van der Waals surface area contributed by atoms with Crippen molar-refractivity contribution in [1.82, 2.24) is 5.32 Å². The molecule has 1 aromatic carbocycles. The van der Waals surface area contributed by atoms with E-state index in [1.807, 2.05) is 19.9 Å². The summed E-state index contributed by atoms with van der Waals surface area (Å²) in [6.07, 6.45) is 0.788. The van der Waals surface area contributed by atoms with E-state index in [2.05, 4.69) is 12.2 Å². The Bertz CT molecular complexity index is 375. The van der Waals surface area contributed by atoms with Crippen molar-refractivity contribution in [3.05, 3.63) is 30.1 Å². The topological polar surface area (TPSA) is 32.3 Å². The van der Waals surface area contributed by atoms with Gasteiger partial charge in [0.2, 0.25) is 0 Å². The van der Waals surface area contributed by atoms with Crippen LogP contribution in [0.25, 0.3) is 0 Å². The lowest BCUT2D eigenvalue weighted by Crippen LogP contribution is -2.47. The van der Waals surface area contributed by atoms with Gasteiger partial charge in [0.15, 0.2) is 0 Å². The number of thioether (sulfide) groups is 1. The second-order valence-electron chi connectivity index (χ2n) is 4.81.